The smallest absolute Gasteiger partial charge is 0.223 e. The van der Waals surface area contributed by atoms with Crippen molar-refractivity contribution in [3.63, 3.8) is 0 Å². The molecule has 2 aliphatic rings. The summed E-state index contributed by atoms with van der Waals surface area (Å²) in [6.07, 6.45) is 11.0. The maximum absolute atomic E-state index is 12.3. The number of likely N-dealkylation sites (tertiary alicyclic amines) is 2. The van der Waals surface area contributed by atoms with Crippen molar-refractivity contribution in [1.29, 1.82) is 0 Å². The molecule has 2 aliphatic heterocycles. The number of hydrogen-bond acceptors (Lipinski definition) is 2. The highest BCUT2D eigenvalue weighted by Crippen LogP contribution is 2.20. The van der Waals surface area contributed by atoms with E-state index < -0.39 is 0 Å². The van der Waals surface area contributed by atoms with Crippen molar-refractivity contribution in [2.45, 2.75) is 70.8 Å². The second-order valence-electron chi connectivity index (χ2n) is 6.14. The summed E-state index contributed by atoms with van der Waals surface area (Å²) in [6.45, 7) is 6.45. The highest BCUT2D eigenvalue weighted by atomic mass is 16.2. The summed E-state index contributed by atoms with van der Waals surface area (Å²) in [6, 6.07) is 0.727. The topological polar surface area (TPSA) is 23.6 Å². The van der Waals surface area contributed by atoms with Gasteiger partial charge in [-0.1, -0.05) is 26.2 Å². The SMILES string of the molecule is CCC1CCCCN1CCC(=O)N1CCCCCC1. The molecule has 1 atom stereocenters. The molecule has 2 fully saturated rings. The Morgan fingerprint density at radius 2 is 1.68 bits per heavy atom. The van der Waals surface area contributed by atoms with Crippen LogP contribution in [0.4, 0.5) is 0 Å². The zero-order valence-corrected chi connectivity index (χ0v) is 12.6. The minimum Gasteiger partial charge on any atom is -0.343 e. The predicted molar refractivity (Wildman–Crippen MR) is 79.2 cm³/mol. The summed E-state index contributed by atoms with van der Waals surface area (Å²) >= 11 is 0. The second-order valence-corrected chi connectivity index (χ2v) is 6.14. The van der Waals surface area contributed by atoms with Crippen LogP contribution in [0.25, 0.3) is 0 Å². The molecule has 0 radical (unpaired) electrons. The van der Waals surface area contributed by atoms with E-state index >= 15 is 0 Å². The maximum atomic E-state index is 12.3. The van der Waals surface area contributed by atoms with E-state index in [0.717, 1.165) is 32.1 Å². The third-order valence-corrected chi connectivity index (χ3v) is 4.79. The molecule has 1 amide bonds. The van der Waals surface area contributed by atoms with Crippen molar-refractivity contribution in [1.82, 2.24) is 9.80 Å². The van der Waals surface area contributed by atoms with Gasteiger partial charge in [-0.2, -0.15) is 0 Å². The molecule has 0 aromatic rings. The molecule has 0 bridgehead atoms. The molecule has 1 unspecified atom stereocenters. The molecule has 2 heterocycles. The minimum atomic E-state index is 0.391. The predicted octanol–water partition coefficient (Wildman–Crippen LogP) is 3.04. The zero-order chi connectivity index (χ0) is 13.5. The molecule has 2 rings (SSSR count). The van der Waals surface area contributed by atoms with Crippen LogP contribution in [0.5, 0.6) is 0 Å². The minimum absolute atomic E-state index is 0.391. The lowest BCUT2D eigenvalue weighted by molar-refractivity contribution is -0.131. The first-order chi connectivity index (χ1) is 9.31. The van der Waals surface area contributed by atoms with Crippen LogP contribution in [0.15, 0.2) is 0 Å². The molecular weight excluding hydrogens is 236 g/mol. The van der Waals surface area contributed by atoms with Gasteiger partial charge in [0.1, 0.15) is 0 Å². The molecule has 0 spiro atoms. The highest BCUT2D eigenvalue weighted by molar-refractivity contribution is 5.76. The Balaban J connectivity index is 1.75. The first kappa shape index (κ1) is 14.8. The standard InChI is InChI=1S/C16H30N2O/c1-2-15-9-5-8-11-17(15)14-10-16(19)18-12-6-3-4-7-13-18/h15H,2-14H2,1H3. The van der Waals surface area contributed by atoms with Gasteiger partial charge in [0.15, 0.2) is 0 Å². The van der Waals surface area contributed by atoms with Crippen LogP contribution in [-0.2, 0) is 4.79 Å². The van der Waals surface area contributed by atoms with Gasteiger partial charge in [0, 0.05) is 32.1 Å². The van der Waals surface area contributed by atoms with Crippen molar-refractivity contribution in [2.75, 3.05) is 26.2 Å². The van der Waals surface area contributed by atoms with E-state index in [-0.39, 0.29) is 0 Å². The van der Waals surface area contributed by atoms with Gasteiger partial charge in [0.25, 0.3) is 0 Å². The van der Waals surface area contributed by atoms with Crippen molar-refractivity contribution in [3.8, 4) is 0 Å². The van der Waals surface area contributed by atoms with Crippen molar-refractivity contribution in [2.24, 2.45) is 0 Å². The van der Waals surface area contributed by atoms with E-state index in [9.17, 15) is 4.79 Å². The monoisotopic (exact) mass is 266 g/mol. The molecule has 2 saturated heterocycles. The summed E-state index contributed by atoms with van der Waals surface area (Å²) < 4.78 is 0. The molecule has 0 N–H and O–H groups in total. The fraction of sp³-hybridized carbons (Fsp3) is 0.938. The van der Waals surface area contributed by atoms with Gasteiger partial charge in [-0.25, -0.2) is 0 Å². The number of carbonyl (C=O) groups excluding carboxylic acids is 1. The summed E-state index contributed by atoms with van der Waals surface area (Å²) in [5.41, 5.74) is 0. The Kier molecular flexibility index (Phi) is 6.15. The molecule has 0 saturated carbocycles. The number of nitrogens with zero attached hydrogens (tertiary/aromatic N) is 2. The van der Waals surface area contributed by atoms with Crippen LogP contribution in [0, 0.1) is 0 Å². The van der Waals surface area contributed by atoms with E-state index in [1.54, 1.807) is 0 Å². The van der Waals surface area contributed by atoms with E-state index in [0.29, 0.717) is 5.91 Å². The zero-order valence-electron chi connectivity index (χ0n) is 12.6. The molecule has 19 heavy (non-hydrogen) atoms. The Morgan fingerprint density at radius 1 is 1.00 bits per heavy atom. The fourth-order valence-electron chi connectivity index (χ4n) is 3.53. The van der Waals surface area contributed by atoms with Crippen LogP contribution < -0.4 is 0 Å². The number of hydrogen-bond donors (Lipinski definition) is 0. The Bertz CT molecular complexity index is 272. The van der Waals surface area contributed by atoms with E-state index in [4.69, 9.17) is 0 Å². The third-order valence-electron chi connectivity index (χ3n) is 4.79. The quantitative estimate of drug-likeness (QED) is 0.781. The van der Waals surface area contributed by atoms with Crippen molar-refractivity contribution in [3.05, 3.63) is 0 Å². The number of piperidine rings is 1. The fourth-order valence-corrected chi connectivity index (χ4v) is 3.53. The normalized spacial score (nSPS) is 26.2. The van der Waals surface area contributed by atoms with Crippen LogP contribution in [-0.4, -0.2) is 47.9 Å². The molecule has 0 aromatic heterocycles. The largest absolute Gasteiger partial charge is 0.343 e. The average Bonchev–Trinajstić information content (AvgIpc) is 2.74. The molecule has 110 valence electrons. The Labute approximate surface area is 118 Å². The van der Waals surface area contributed by atoms with Gasteiger partial charge in [-0.15, -0.1) is 0 Å². The Hall–Kier alpha value is -0.570. The van der Waals surface area contributed by atoms with Gasteiger partial charge in [0.2, 0.25) is 5.91 Å². The van der Waals surface area contributed by atoms with Crippen LogP contribution in [0.1, 0.15) is 64.7 Å². The Morgan fingerprint density at radius 3 is 2.37 bits per heavy atom. The van der Waals surface area contributed by atoms with Crippen LogP contribution in [0.3, 0.4) is 0 Å². The van der Waals surface area contributed by atoms with E-state index in [2.05, 4.69) is 16.7 Å². The van der Waals surface area contributed by atoms with Crippen molar-refractivity contribution >= 4 is 5.91 Å². The molecule has 0 aliphatic carbocycles. The van der Waals surface area contributed by atoms with Gasteiger partial charge in [0.05, 0.1) is 0 Å². The van der Waals surface area contributed by atoms with E-state index in [1.165, 1.54) is 57.9 Å². The number of amides is 1. The lowest BCUT2D eigenvalue weighted by Crippen LogP contribution is -2.42. The summed E-state index contributed by atoms with van der Waals surface area (Å²) in [5.74, 6) is 0.391. The van der Waals surface area contributed by atoms with Crippen molar-refractivity contribution < 1.29 is 4.79 Å². The van der Waals surface area contributed by atoms with E-state index in [1.807, 2.05) is 0 Å². The highest BCUT2D eigenvalue weighted by Gasteiger charge is 2.22. The van der Waals surface area contributed by atoms with Gasteiger partial charge < -0.3 is 4.90 Å². The molecule has 3 heteroatoms. The molecular formula is C16H30N2O. The second kappa shape index (κ2) is 7.88. The lowest BCUT2D eigenvalue weighted by atomic mass is 10.00. The summed E-state index contributed by atoms with van der Waals surface area (Å²) in [7, 11) is 0. The first-order valence-corrected chi connectivity index (χ1v) is 8.33. The number of carbonyl (C=O) groups is 1. The third kappa shape index (κ3) is 4.48. The number of rotatable bonds is 4. The molecule has 0 aromatic carbocycles. The van der Waals surface area contributed by atoms with Gasteiger partial charge >= 0.3 is 0 Å². The lowest BCUT2D eigenvalue weighted by Gasteiger charge is -2.35. The van der Waals surface area contributed by atoms with Crippen LogP contribution in [0.2, 0.25) is 0 Å². The summed E-state index contributed by atoms with van der Waals surface area (Å²) in [4.78, 5) is 17.0. The average molecular weight is 266 g/mol. The summed E-state index contributed by atoms with van der Waals surface area (Å²) in [5, 5.41) is 0. The maximum Gasteiger partial charge on any atom is 0.223 e. The van der Waals surface area contributed by atoms with Crippen LogP contribution >= 0.6 is 0 Å². The van der Waals surface area contributed by atoms with Gasteiger partial charge in [-0.3, -0.25) is 9.69 Å². The first-order valence-electron chi connectivity index (χ1n) is 8.33. The molecule has 3 nitrogen and oxygen atoms in total. The van der Waals surface area contributed by atoms with Gasteiger partial charge in [-0.05, 0) is 38.6 Å².